The van der Waals surface area contributed by atoms with Crippen molar-refractivity contribution in [2.45, 2.75) is 13.3 Å². The fourth-order valence-electron chi connectivity index (χ4n) is 1.75. The lowest BCUT2D eigenvalue weighted by atomic mass is 10.1. The second-order valence-electron chi connectivity index (χ2n) is 3.99. The minimum Gasteiger partial charge on any atom is -0.481 e. The van der Waals surface area contributed by atoms with Crippen molar-refractivity contribution < 1.29 is 9.90 Å². The van der Waals surface area contributed by atoms with Crippen molar-refractivity contribution >= 4 is 22.7 Å². The number of hydrogen-bond donors (Lipinski definition) is 2. The highest BCUT2D eigenvalue weighted by Gasteiger charge is 2.09. The number of nitrogens with zero attached hydrogens (tertiary/aromatic N) is 2. The summed E-state index contributed by atoms with van der Waals surface area (Å²) in [6, 6.07) is 1.92. The lowest BCUT2D eigenvalue weighted by Crippen LogP contribution is -2.16. The number of aromatic amines is 1. The average molecular weight is 233 g/mol. The summed E-state index contributed by atoms with van der Waals surface area (Å²) in [5, 5.41) is 9.76. The molecule has 0 aliphatic rings. The first-order valence-corrected chi connectivity index (χ1v) is 5.50. The molecule has 0 fully saturated rings. The number of rotatable bonds is 4. The fraction of sp³-hybridized carbons (Fsp3) is 0.333. The van der Waals surface area contributed by atoms with Gasteiger partial charge in [-0.15, -0.1) is 0 Å². The predicted octanol–water partition coefficient (Wildman–Crippen LogP) is 1.65. The number of carboxylic acid groups (broad SMARTS) is 1. The maximum atomic E-state index is 10.7. The van der Waals surface area contributed by atoms with Crippen molar-refractivity contribution in [1.82, 2.24) is 9.97 Å². The van der Waals surface area contributed by atoms with Crippen molar-refractivity contribution in [1.29, 1.82) is 0 Å². The number of nitrogens with one attached hydrogen (secondary N) is 1. The summed E-state index contributed by atoms with van der Waals surface area (Å²) in [5.74, 6) is 0.0272. The van der Waals surface area contributed by atoms with E-state index in [1.165, 1.54) is 0 Å². The van der Waals surface area contributed by atoms with Gasteiger partial charge in [-0.3, -0.25) is 4.79 Å². The third-order valence-electron chi connectivity index (χ3n) is 2.84. The molecule has 2 aromatic rings. The largest absolute Gasteiger partial charge is 0.481 e. The molecule has 0 unspecified atom stereocenters. The van der Waals surface area contributed by atoms with Crippen LogP contribution in [0.15, 0.2) is 18.5 Å². The predicted molar refractivity (Wildman–Crippen MR) is 66.4 cm³/mol. The van der Waals surface area contributed by atoms with Gasteiger partial charge >= 0.3 is 5.97 Å². The first kappa shape index (κ1) is 11.4. The molecule has 5 heteroatoms. The fourth-order valence-corrected chi connectivity index (χ4v) is 1.75. The standard InChI is InChI=1S/C12H15N3O2/c1-3-15(2)11-5-9-8(4-12(16)17)6-13-10(9)7-14-11/h5-7,13H,3-4H2,1-2H3,(H,16,17). The molecule has 0 atom stereocenters. The zero-order valence-electron chi connectivity index (χ0n) is 9.90. The molecule has 0 amide bonds. The molecule has 90 valence electrons. The van der Waals surface area contributed by atoms with E-state index in [0.717, 1.165) is 28.8 Å². The maximum Gasteiger partial charge on any atom is 0.307 e. The summed E-state index contributed by atoms with van der Waals surface area (Å²) >= 11 is 0. The van der Waals surface area contributed by atoms with Gasteiger partial charge in [0.05, 0.1) is 18.1 Å². The molecule has 0 bridgehead atoms. The molecule has 0 aromatic carbocycles. The highest BCUT2D eigenvalue weighted by molar-refractivity contribution is 5.88. The quantitative estimate of drug-likeness (QED) is 0.842. The smallest absolute Gasteiger partial charge is 0.307 e. The molecule has 0 spiro atoms. The highest BCUT2D eigenvalue weighted by atomic mass is 16.4. The van der Waals surface area contributed by atoms with Gasteiger partial charge in [-0.25, -0.2) is 4.98 Å². The average Bonchev–Trinajstić information content (AvgIpc) is 2.70. The van der Waals surface area contributed by atoms with Crippen LogP contribution in [0.3, 0.4) is 0 Å². The van der Waals surface area contributed by atoms with E-state index < -0.39 is 5.97 Å². The molecule has 17 heavy (non-hydrogen) atoms. The van der Waals surface area contributed by atoms with Crippen LogP contribution in [0, 0.1) is 0 Å². The lowest BCUT2D eigenvalue weighted by molar-refractivity contribution is -0.136. The van der Waals surface area contributed by atoms with Crippen LogP contribution < -0.4 is 4.90 Å². The third kappa shape index (κ3) is 2.22. The number of H-pyrrole nitrogens is 1. The first-order valence-electron chi connectivity index (χ1n) is 5.50. The van der Waals surface area contributed by atoms with E-state index in [-0.39, 0.29) is 6.42 Å². The number of aliphatic carboxylic acids is 1. The summed E-state index contributed by atoms with van der Waals surface area (Å²) in [6.45, 7) is 2.90. The normalized spacial score (nSPS) is 10.7. The van der Waals surface area contributed by atoms with Crippen LogP contribution >= 0.6 is 0 Å². The van der Waals surface area contributed by atoms with Crippen LogP contribution in [0.25, 0.3) is 10.9 Å². The van der Waals surface area contributed by atoms with Crippen LogP contribution in [0.1, 0.15) is 12.5 Å². The minimum atomic E-state index is -0.826. The summed E-state index contributed by atoms with van der Waals surface area (Å²) in [5.41, 5.74) is 1.66. The van der Waals surface area contributed by atoms with Crippen molar-refractivity contribution in [3.05, 3.63) is 24.0 Å². The summed E-state index contributed by atoms with van der Waals surface area (Å²) < 4.78 is 0. The van der Waals surface area contributed by atoms with E-state index in [1.807, 2.05) is 24.9 Å². The molecule has 0 saturated heterocycles. The van der Waals surface area contributed by atoms with E-state index in [0.29, 0.717) is 0 Å². The molecule has 5 nitrogen and oxygen atoms in total. The number of carbonyl (C=O) groups is 1. The van der Waals surface area contributed by atoms with Crippen LogP contribution in [0.2, 0.25) is 0 Å². The van der Waals surface area contributed by atoms with Gasteiger partial charge < -0.3 is 15.0 Å². The molecule has 0 saturated carbocycles. The van der Waals surface area contributed by atoms with Gasteiger partial charge in [0.1, 0.15) is 5.82 Å². The molecule has 0 aliphatic heterocycles. The Balaban J connectivity index is 2.46. The van der Waals surface area contributed by atoms with Gasteiger partial charge in [-0.05, 0) is 18.6 Å². The van der Waals surface area contributed by atoms with E-state index in [2.05, 4.69) is 9.97 Å². The van der Waals surface area contributed by atoms with Gasteiger partial charge in [0.2, 0.25) is 0 Å². The van der Waals surface area contributed by atoms with E-state index in [1.54, 1.807) is 12.4 Å². The highest BCUT2D eigenvalue weighted by Crippen LogP contribution is 2.22. The lowest BCUT2D eigenvalue weighted by Gasteiger charge is -2.15. The number of aromatic nitrogens is 2. The molecular formula is C12H15N3O2. The van der Waals surface area contributed by atoms with Gasteiger partial charge in [-0.2, -0.15) is 0 Å². The van der Waals surface area contributed by atoms with Crippen molar-refractivity contribution in [3.63, 3.8) is 0 Å². The molecule has 0 aliphatic carbocycles. The van der Waals surface area contributed by atoms with Gasteiger partial charge in [-0.1, -0.05) is 0 Å². The zero-order chi connectivity index (χ0) is 12.4. The monoisotopic (exact) mass is 233 g/mol. The van der Waals surface area contributed by atoms with Crippen LogP contribution in [-0.4, -0.2) is 34.6 Å². The van der Waals surface area contributed by atoms with E-state index >= 15 is 0 Å². The number of anilines is 1. The Hall–Kier alpha value is -2.04. The van der Waals surface area contributed by atoms with Crippen molar-refractivity contribution in [2.24, 2.45) is 0 Å². The SMILES string of the molecule is CCN(C)c1cc2c(CC(=O)O)c[nH]c2cn1. The second kappa shape index (κ2) is 4.45. The number of fused-ring (bicyclic) bond motifs is 1. The molecule has 0 radical (unpaired) electrons. The zero-order valence-corrected chi connectivity index (χ0v) is 9.90. The van der Waals surface area contributed by atoms with Crippen LogP contribution in [0.5, 0.6) is 0 Å². The Kier molecular flexibility index (Phi) is 2.99. The van der Waals surface area contributed by atoms with Crippen LogP contribution in [-0.2, 0) is 11.2 Å². The van der Waals surface area contributed by atoms with Crippen molar-refractivity contribution in [2.75, 3.05) is 18.5 Å². The molecule has 2 rings (SSSR count). The Morgan fingerprint density at radius 3 is 3.00 bits per heavy atom. The molecule has 2 N–H and O–H groups in total. The summed E-state index contributed by atoms with van der Waals surface area (Å²) in [6.07, 6.45) is 3.50. The Morgan fingerprint density at radius 2 is 2.35 bits per heavy atom. The topological polar surface area (TPSA) is 69.2 Å². The Labute approximate surface area is 99.1 Å². The number of hydrogen-bond acceptors (Lipinski definition) is 3. The molecule has 2 heterocycles. The molecule has 2 aromatic heterocycles. The van der Waals surface area contributed by atoms with Crippen LogP contribution in [0.4, 0.5) is 5.82 Å². The first-order chi connectivity index (χ1) is 8.11. The summed E-state index contributed by atoms with van der Waals surface area (Å²) in [7, 11) is 1.96. The minimum absolute atomic E-state index is 0.0271. The Morgan fingerprint density at radius 1 is 1.59 bits per heavy atom. The van der Waals surface area contributed by atoms with Gasteiger partial charge in [0.25, 0.3) is 0 Å². The van der Waals surface area contributed by atoms with E-state index in [9.17, 15) is 4.79 Å². The third-order valence-corrected chi connectivity index (χ3v) is 2.84. The van der Waals surface area contributed by atoms with Gasteiger partial charge in [0, 0.05) is 25.2 Å². The Bertz CT molecular complexity index is 548. The second-order valence-corrected chi connectivity index (χ2v) is 3.99. The van der Waals surface area contributed by atoms with Crippen molar-refractivity contribution in [3.8, 4) is 0 Å². The summed E-state index contributed by atoms with van der Waals surface area (Å²) in [4.78, 5) is 20.1. The number of carboxylic acids is 1. The number of pyridine rings is 1. The van der Waals surface area contributed by atoms with E-state index in [4.69, 9.17) is 5.11 Å². The van der Waals surface area contributed by atoms with Gasteiger partial charge in [0.15, 0.2) is 0 Å². The maximum absolute atomic E-state index is 10.7. The molecular weight excluding hydrogens is 218 g/mol.